The summed E-state index contributed by atoms with van der Waals surface area (Å²) in [6, 6.07) is 0.784. The molecule has 22 heavy (non-hydrogen) atoms. The van der Waals surface area contributed by atoms with Gasteiger partial charge in [0.05, 0.1) is 13.2 Å². The summed E-state index contributed by atoms with van der Waals surface area (Å²) in [7, 11) is 2.34. The van der Waals surface area contributed by atoms with Gasteiger partial charge in [-0.2, -0.15) is 0 Å². The fourth-order valence-electron chi connectivity index (χ4n) is 4.78. The van der Waals surface area contributed by atoms with E-state index in [0.717, 1.165) is 38.3 Å². The van der Waals surface area contributed by atoms with E-state index in [0.29, 0.717) is 5.41 Å². The highest BCUT2D eigenvalue weighted by Crippen LogP contribution is 2.28. The summed E-state index contributed by atoms with van der Waals surface area (Å²) in [5.41, 5.74) is 0.370. The quantitative estimate of drug-likeness (QED) is 0.788. The van der Waals surface area contributed by atoms with Gasteiger partial charge in [-0.15, -0.1) is 0 Å². The number of fused-ring (bicyclic) bond motifs is 3. The number of likely N-dealkylation sites (N-methyl/N-ethyl adjacent to an activating group) is 1. The maximum Gasteiger partial charge on any atom is 0.0594 e. The van der Waals surface area contributed by atoms with Crippen LogP contribution in [0.2, 0.25) is 0 Å². The molecule has 4 heteroatoms. The highest BCUT2D eigenvalue weighted by molar-refractivity contribution is 4.88. The van der Waals surface area contributed by atoms with Crippen molar-refractivity contribution in [3.63, 3.8) is 0 Å². The van der Waals surface area contributed by atoms with Gasteiger partial charge in [0.1, 0.15) is 0 Å². The maximum absolute atomic E-state index is 5.49. The molecule has 4 nitrogen and oxygen atoms in total. The van der Waals surface area contributed by atoms with E-state index in [1.165, 1.54) is 52.0 Å². The Balaban J connectivity index is 1.56. The Hall–Kier alpha value is -0.160. The molecule has 0 spiro atoms. The van der Waals surface area contributed by atoms with Crippen molar-refractivity contribution >= 4 is 0 Å². The molecule has 0 aliphatic carbocycles. The van der Waals surface area contributed by atoms with E-state index in [-0.39, 0.29) is 0 Å². The second-order valence-corrected chi connectivity index (χ2v) is 8.64. The van der Waals surface area contributed by atoms with Crippen LogP contribution >= 0.6 is 0 Å². The van der Waals surface area contributed by atoms with E-state index in [1.54, 1.807) is 0 Å². The van der Waals surface area contributed by atoms with Crippen LogP contribution < -0.4 is 0 Å². The van der Waals surface area contributed by atoms with Crippen LogP contribution in [0.15, 0.2) is 0 Å². The highest BCUT2D eigenvalue weighted by Gasteiger charge is 2.33. The standard InChI is InChI=1S/C18H35N3O/c1-18(2,14-20-7-9-22-10-8-20)15-21-12-16-5-4-6-17(13-21)19(3)11-16/h16-17H,4-15H2,1-3H3/t16-,17-/m0/s1. The van der Waals surface area contributed by atoms with Crippen molar-refractivity contribution in [2.45, 2.75) is 39.2 Å². The largest absolute Gasteiger partial charge is 0.379 e. The van der Waals surface area contributed by atoms with E-state index in [2.05, 4.69) is 35.6 Å². The third kappa shape index (κ3) is 4.44. The zero-order valence-electron chi connectivity index (χ0n) is 14.9. The van der Waals surface area contributed by atoms with Gasteiger partial charge < -0.3 is 14.5 Å². The predicted octanol–water partition coefficient (Wildman–Crippen LogP) is 1.76. The molecule has 0 radical (unpaired) electrons. The van der Waals surface area contributed by atoms with Crippen molar-refractivity contribution in [3.8, 4) is 0 Å². The number of ether oxygens (including phenoxy) is 1. The van der Waals surface area contributed by atoms with Gasteiger partial charge in [-0.3, -0.25) is 4.90 Å². The smallest absolute Gasteiger partial charge is 0.0594 e. The van der Waals surface area contributed by atoms with Crippen LogP contribution in [0.25, 0.3) is 0 Å². The molecule has 3 aliphatic heterocycles. The normalized spacial score (nSPS) is 32.9. The van der Waals surface area contributed by atoms with Crippen LogP contribution in [0.1, 0.15) is 33.1 Å². The molecule has 2 atom stereocenters. The lowest BCUT2D eigenvalue weighted by Crippen LogP contribution is -2.48. The molecule has 3 heterocycles. The van der Waals surface area contributed by atoms with Gasteiger partial charge in [0.25, 0.3) is 0 Å². The number of hydrogen-bond donors (Lipinski definition) is 0. The number of likely N-dealkylation sites (tertiary alicyclic amines) is 1. The minimum Gasteiger partial charge on any atom is -0.379 e. The molecule has 128 valence electrons. The maximum atomic E-state index is 5.49. The van der Waals surface area contributed by atoms with Crippen LogP contribution in [0, 0.1) is 11.3 Å². The Morgan fingerprint density at radius 1 is 0.955 bits per heavy atom. The summed E-state index contributed by atoms with van der Waals surface area (Å²) in [6.45, 7) is 15.3. The first kappa shape index (κ1) is 16.7. The highest BCUT2D eigenvalue weighted by atomic mass is 16.5. The Morgan fingerprint density at radius 2 is 1.68 bits per heavy atom. The summed E-state index contributed by atoms with van der Waals surface area (Å²) in [5, 5.41) is 0. The summed E-state index contributed by atoms with van der Waals surface area (Å²) in [6.07, 6.45) is 4.26. The molecule has 3 aliphatic rings. The molecule has 3 rings (SSSR count). The summed E-state index contributed by atoms with van der Waals surface area (Å²) >= 11 is 0. The minimum absolute atomic E-state index is 0.370. The van der Waals surface area contributed by atoms with E-state index < -0.39 is 0 Å². The molecular weight excluding hydrogens is 274 g/mol. The number of rotatable bonds is 4. The van der Waals surface area contributed by atoms with Crippen LogP contribution in [0.3, 0.4) is 0 Å². The number of morpholine rings is 1. The van der Waals surface area contributed by atoms with Crippen molar-refractivity contribution in [2.75, 3.05) is 66.1 Å². The fourth-order valence-corrected chi connectivity index (χ4v) is 4.78. The average Bonchev–Trinajstić information content (AvgIpc) is 2.67. The van der Waals surface area contributed by atoms with Crippen molar-refractivity contribution in [1.82, 2.24) is 14.7 Å². The molecule has 0 N–H and O–H groups in total. The van der Waals surface area contributed by atoms with Crippen LogP contribution in [0.5, 0.6) is 0 Å². The first-order chi connectivity index (χ1) is 10.5. The molecule has 0 aromatic heterocycles. The monoisotopic (exact) mass is 309 g/mol. The molecule has 2 bridgehead atoms. The van der Waals surface area contributed by atoms with Crippen molar-refractivity contribution in [2.24, 2.45) is 11.3 Å². The van der Waals surface area contributed by atoms with Crippen molar-refractivity contribution < 1.29 is 4.74 Å². The lowest BCUT2D eigenvalue weighted by atomic mass is 9.90. The van der Waals surface area contributed by atoms with Gasteiger partial charge in [0.2, 0.25) is 0 Å². The Kier molecular flexibility index (Phi) is 5.43. The minimum atomic E-state index is 0.370. The lowest BCUT2D eigenvalue weighted by molar-refractivity contribution is 0.0135. The fraction of sp³-hybridized carbons (Fsp3) is 1.00. The summed E-state index contributed by atoms with van der Waals surface area (Å²) < 4.78 is 5.49. The van der Waals surface area contributed by atoms with Gasteiger partial charge in [-0.1, -0.05) is 20.3 Å². The Morgan fingerprint density at radius 3 is 2.45 bits per heavy atom. The SMILES string of the molecule is CN1C[C@@H]2CCC[C@H]1CN(CC(C)(C)CN1CCOCC1)C2. The molecular formula is C18H35N3O. The zero-order valence-corrected chi connectivity index (χ0v) is 14.9. The molecule has 3 saturated heterocycles. The molecule has 0 amide bonds. The number of hydrogen-bond acceptors (Lipinski definition) is 4. The Bertz CT molecular complexity index is 354. The second-order valence-electron chi connectivity index (χ2n) is 8.64. The zero-order chi connectivity index (χ0) is 15.6. The summed E-state index contributed by atoms with van der Waals surface area (Å²) in [5.74, 6) is 0.886. The van der Waals surface area contributed by atoms with Crippen molar-refractivity contribution in [3.05, 3.63) is 0 Å². The van der Waals surface area contributed by atoms with E-state index in [9.17, 15) is 0 Å². The van der Waals surface area contributed by atoms with E-state index >= 15 is 0 Å². The third-order valence-electron chi connectivity index (χ3n) is 5.71. The van der Waals surface area contributed by atoms with Crippen LogP contribution in [0.4, 0.5) is 0 Å². The number of nitrogens with zero attached hydrogens (tertiary/aromatic N) is 3. The van der Waals surface area contributed by atoms with E-state index in [1.807, 2.05) is 0 Å². The third-order valence-corrected chi connectivity index (χ3v) is 5.71. The topological polar surface area (TPSA) is 19.0 Å². The predicted molar refractivity (Wildman–Crippen MR) is 91.2 cm³/mol. The van der Waals surface area contributed by atoms with Crippen LogP contribution in [-0.2, 0) is 4.74 Å². The molecule has 0 aromatic carbocycles. The lowest BCUT2D eigenvalue weighted by Gasteiger charge is -2.39. The van der Waals surface area contributed by atoms with Gasteiger partial charge >= 0.3 is 0 Å². The molecule has 3 fully saturated rings. The first-order valence-electron chi connectivity index (χ1n) is 9.24. The van der Waals surface area contributed by atoms with Crippen molar-refractivity contribution in [1.29, 1.82) is 0 Å². The second kappa shape index (κ2) is 7.16. The van der Waals surface area contributed by atoms with Crippen LogP contribution in [-0.4, -0.2) is 86.8 Å². The van der Waals surface area contributed by atoms with Gasteiger partial charge in [0.15, 0.2) is 0 Å². The average molecular weight is 309 g/mol. The molecule has 0 unspecified atom stereocenters. The summed E-state index contributed by atoms with van der Waals surface area (Å²) in [4.78, 5) is 8.00. The molecule has 0 saturated carbocycles. The van der Waals surface area contributed by atoms with Gasteiger partial charge in [-0.25, -0.2) is 0 Å². The van der Waals surface area contributed by atoms with Gasteiger partial charge in [0, 0.05) is 51.9 Å². The van der Waals surface area contributed by atoms with Gasteiger partial charge in [-0.05, 0) is 31.2 Å². The molecule has 0 aromatic rings. The first-order valence-corrected chi connectivity index (χ1v) is 9.24. The van der Waals surface area contributed by atoms with E-state index in [4.69, 9.17) is 4.74 Å². The Labute approximate surface area is 136 Å².